The summed E-state index contributed by atoms with van der Waals surface area (Å²) in [6.45, 7) is 7.71. The molecule has 0 spiro atoms. The fourth-order valence-corrected chi connectivity index (χ4v) is 3.65. The molecule has 8 nitrogen and oxygen atoms in total. The van der Waals surface area contributed by atoms with E-state index in [4.69, 9.17) is 4.74 Å². The van der Waals surface area contributed by atoms with Gasteiger partial charge in [-0.15, -0.1) is 5.10 Å². The molecule has 2 N–H and O–H groups in total. The molecule has 1 aromatic carbocycles. The van der Waals surface area contributed by atoms with Crippen LogP contribution in [0.5, 0.6) is 0 Å². The van der Waals surface area contributed by atoms with Crippen molar-refractivity contribution in [2.45, 2.75) is 19.3 Å². The maximum atomic E-state index is 5.37. The predicted octanol–water partition coefficient (Wildman–Crippen LogP) is 2.35. The van der Waals surface area contributed by atoms with Crippen LogP contribution in [0.15, 0.2) is 30.5 Å². The number of nitrogens with one attached hydrogen (secondary N) is 2. The molecular weight excluding hydrogens is 354 g/mol. The van der Waals surface area contributed by atoms with Gasteiger partial charge in [0.2, 0.25) is 5.95 Å². The van der Waals surface area contributed by atoms with E-state index in [1.54, 1.807) is 6.20 Å². The summed E-state index contributed by atoms with van der Waals surface area (Å²) >= 11 is 0. The molecule has 0 saturated carbocycles. The summed E-state index contributed by atoms with van der Waals surface area (Å²) in [5.41, 5.74) is 2.25. The molecule has 2 aliphatic heterocycles. The highest BCUT2D eigenvalue weighted by atomic mass is 16.5. The zero-order valence-electron chi connectivity index (χ0n) is 16.3. The summed E-state index contributed by atoms with van der Waals surface area (Å²) in [6.07, 6.45) is 5.57. The Bertz CT molecular complexity index is 728. The van der Waals surface area contributed by atoms with Gasteiger partial charge in [-0.2, -0.15) is 10.1 Å². The van der Waals surface area contributed by atoms with Crippen molar-refractivity contribution in [3.63, 3.8) is 0 Å². The number of nitrogens with zero attached hydrogens (tertiary/aromatic N) is 5. The molecule has 0 radical (unpaired) electrons. The van der Waals surface area contributed by atoms with Crippen LogP contribution in [0, 0.1) is 0 Å². The van der Waals surface area contributed by atoms with Gasteiger partial charge in [0, 0.05) is 50.6 Å². The minimum atomic E-state index is 0.502. The van der Waals surface area contributed by atoms with Crippen molar-refractivity contribution in [3.8, 4) is 0 Å². The topological polar surface area (TPSA) is 78.4 Å². The Morgan fingerprint density at radius 1 is 0.964 bits per heavy atom. The lowest BCUT2D eigenvalue weighted by molar-refractivity contribution is 0.0398. The van der Waals surface area contributed by atoms with E-state index in [9.17, 15) is 0 Å². The smallest absolute Gasteiger partial charge is 0.249 e. The molecular formula is C20H29N7O. The second-order valence-corrected chi connectivity index (χ2v) is 7.27. The first-order valence-electron chi connectivity index (χ1n) is 10.2. The van der Waals surface area contributed by atoms with E-state index in [0.717, 1.165) is 64.0 Å². The van der Waals surface area contributed by atoms with Crippen LogP contribution in [0.4, 0.5) is 23.1 Å². The number of hydrogen-bond acceptors (Lipinski definition) is 8. The van der Waals surface area contributed by atoms with Crippen molar-refractivity contribution >= 4 is 23.1 Å². The summed E-state index contributed by atoms with van der Waals surface area (Å²) in [6, 6.07) is 8.47. The van der Waals surface area contributed by atoms with Crippen molar-refractivity contribution < 1.29 is 4.74 Å². The van der Waals surface area contributed by atoms with E-state index in [1.807, 2.05) is 0 Å². The van der Waals surface area contributed by atoms with Crippen molar-refractivity contribution in [2.75, 3.05) is 68.0 Å². The summed E-state index contributed by atoms with van der Waals surface area (Å²) in [7, 11) is 0. The number of aromatic nitrogens is 3. The monoisotopic (exact) mass is 383 g/mol. The average Bonchev–Trinajstić information content (AvgIpc) is 2.76. The van der Waals surface area contributed by atoms with E-state index in [1.165, 1.54) is 24.9 Å². The molecule has 3 heterocycles. The Morgan fingerprint density at radius 3 is 2.54 bits per heavy atom. The average molecular weight is 384 g/mol. The van der Waals surface area contributed by atoms with Crippen LogP contribution in [0.3, 0.4) is 0 Å². The first-order chi connectivity index (χ1) is 13.9. The van der Waals surface area contributed by atoms with Gasteiger partial charge in [0.25, 0.3) is 0 Å². The lowest BCUT2D eigenvalue weighted by atomic mass is 10.1. The number of morpholine rings is 1. The molecule has 2 saturated heterocycles. The van der Waals surface area contributed by atoms with E-state index in [2.05, 4.69) is 59.9 Å². The minimum Gasteiger partial charge on any atom is -0.379 e. The number of benzene rings is 1. The van der Waals surface area contributed by atoms with E-state index in [-0.39, 0.29) is 0 Å². The van der Waals surface area contributed by atoms with Crippen LogP contribution >= 0.6 is 0 Å². The maximum absolute atomic E-state index is 5.37. The number of rotatable bonds is 7. The minimum absolute atomic E-state index is 0.502. The number of anilines is 4. The largest absolute Gasteiger partial charge is 0.379 e. The Balaban J connectivity index is 1.29. The Kier molecular flexibility index (Phi) is 6.52. The SMILES string of the molecule is c1cc(N2CCCCC2)ccc1Nc1nncc(NCCN2CCOCC2)n1. The molecule has 0 atom stereocenters. The Hall–Kier alpha value is -2.45. The highest BCUT2D eigenvalue weighted by Crippen LogP contribution is 2.23. The summed E-state index contributed by atoms with van der Waals surface area (Å²) in [5, 5.41) is 14.7. The van der Waals surface area contributed by atoms with Crippen molar-refractivity contribution in [3.05, 3.63) is 30.5 Å². The molecule has 8 heteroatoms. The zero-order chi connectivity index (χ0) is 19.0. The molecule has 1 aromatic heterocycles. The first kappa shape index (κ1) is 18.9. The molecule has 2 aliphatic rings. The van der Waals surface area contributed by atoms with Crippen LogP contribution < -0.4 is 15.5 Å². The van der Waals surface area contributed by atoms with E-state index in [0.29, 0.717) is 5.95 Å². The summed E-state index contributed by atoms with van der Waals surface area (Å²) in [5.74, 6) is 1.23. The quantitative estimate of drug-likeness (QED) is 0.754. The third kappa shape index (κ3) is 5.30. The number of piperidine rings is 1. The van der Waals surface area contributed by atoms with Crippen LogP contribution in [0.1, 0.15) is 19.3 Å². The fourth-order valence-electron chi connectivity index (χ4n) is 3.65. The van der Waals surface area contributed by atoms with Crippen molar-refractivity contribution in [1.29, 1.82) is 0 Å². The van der Waals surface area contributed by atoms with Crippen LogP contribution in [-0.4, -0.2) is 72.6 Å². The zero-order valence-corrected chi connectivity index (χ0v) is 16.3. The lowest BCUT2D eigenvalue weighted by Crippen LogP contribution is -2.39. The molecule has 0 bridgehead atoms. The molecule has 0 aliphatic carbocycles. The van der Waals surface area contributed by atoms with E-state index < -0.39 is 0 Å². The second-order valence-electron chi connectivity index (χ2n) is 7.27. The van der Waals surface area contributed by atoms with Crippen LogP contribution in [-0.2, 0) is 4.74 Å². The number of ether oxygens (including phenoxy) is 1. The molecule has 2 fully saturated rings. The van der Waals surface area contributed by atoms with Gasteiger partial charge in [-0.1, -0.05) is 0 Å². The summed E-state index contributed by atoms with van der Waals surface area (Å²) in [4.78, 5) is 9.35. The highest BCUT2D eigenvalue weighted by molar-refractivity contribution is 5.59. The van der Waals surface area contributed by atoms with E-state index >= 15 is 0 Å². The highest BCUT2D eigenvalue weighted by Gasteiger charge is 2.11. The predicted molar refractivity (Wildman–Crippen MR) is 111 cm³/mol. The fraction of sp³-hybridized carbons (Fsp3) is 0.550. The van der Waals surface area contributed by atoms with Gasteiger partial charge in [-0.05, 0) is 43.5 Å². The molecule has 2 aromatic rings. The second kappa shape index (κ2) is 9.66. The van der Waals surface area contributed by atoms with Crippen molar-refractivity contribution in [2.24, 2.45) is 0 Å². The third-order valence-corrected chi connectivity index (χ3v) is 5.24. The third-order valence-electron chi connectivity index (χ3n) is 5.24. The molecule has 4 rings (SSSR count). The molecule has 150 valence electrons. The maximum Gasteiger partial charge on any atom is 0.249 e. The van der Waals surface area contributed by atoms with Gasteiger partial charge in [0.05, 0.1) is 19.4 Å². The van der Waals surface area contributed by atoms with Crippen LogP contribution in [0.2, 0.25) is 0 Å². The first-order valence-corrected chi connectivity index (χ1v) is 10.2. The van der Waals surface area contributed by atoms with Gasteiger partial charge in [0.15, 0.2) is 5.82 Å². The molecule has 0 unspecified atom stereocenters. The lowest BCUT2D eigenvalue weighted by Gasteiger charge is -2.28. The van der Waals surface area contributed by atoms with Crippen molar-refractivity contribution in [1.82, 2.24) is 20.1 Å². The van der Waals surface area contributed by atoms with Gasteiger partial charge in [0.1, 0.15) is 0 Å². The van der Waals surface area contributed by atoms with Gasteiger partial charge < -0.3 is 20.3 Å². The van der Waals surface area contributed by atoms with Gasteiger partial charge >= 0.3 is 0 Å². The Labute approximate surface area is 166 Å². The standard InChI is InChI=1S/C20H29N7O/c1-2-9-27(10-3-1)18-6-4-17(5-7-18)23-20-24-19(16-22-25-20)21-8-11-26-12-14-28-15-13-26/h4-7,16H,1-3,8-15H2,(H2,21,23,24,25). The molecule has 0 amide bonds. The van der Waals surface area contributed by atoms with Crippen LogP contribution in [0.25, 0.3) is 0 Å². The Morgan fingerprint density at radius 2 is 1.75 bits per heavy atom. The number of hydrogen-bond donors (Lipinski definition) is 2. The molecule has 28 heavy (non-hydrogen) atoms. The van der Waals surface area contributed by atoms with Gasteiger partial charge in [-0.25, -0.2) is 0 Å². The normalized spacial score (nSPS) is 18.1. The van der Waals surface area contributed by atoms with Gasteiger partial charge in [-0.3, -0.25) is 4.90 Å². The summed E-state index contributed by atoms with van der Waals surface area (Å²) < 4.78 is 5.37.